The van der Waals surface area contributed by atoms with Crippen LogP contribution in [0.5, 0.6) is 0 Å². The molecule has 108 valence electrons. The molecule has 2 fully saturated rings. The lowest BCUT2D eigenvalue weighted by atomic mass is 9.70. The van der Waals surface area contributed by atoms with E-state index in [0.29, 0.717) is 5.92 Å². The number of carbonyl (C=O) groups is 1. The third-order valence-electron chi connectivity index (χ3n) is 5.90. The summed E-state index contributed by atoms with van der Waals surface area (Å²) in [6.45, 7) is 6.76. The van der Waals surface area contributed by atoms with E-state index in [0.717, 1.165) is 19.0 Å². The molecule has 2 aliphatic carbocycles. The third kappa shape index (κ3) is 1.77. The van der Waals surface area contributed by atoms with Crippen LogP contribution in [0.25, 0.3) is 0 Å². The molecule has 4 heteroatoms. The molecule has 0 N–H and O–H groups in total. The fourth-order valence-electron chi connectivity index (χ4n) is 3.99. The fourth-order valence-corrected chi connectivity index (χ4v) is 3.99. The summed E-state index contributed by atoms with van der Waals surface area (Å²) in [5.41, 5.74) is 0.414. The van der Waals surface area contributed by atoms with Crippen LogP contribution < -0.4 is 0 Å². The van der Waals surface area contributed by atoms with E-state index in [1.54, 1.807) is 0 Å². The van der Waals surface area contributed by atoms with Gasteiger partial charge in [0.2, 0.25) is 0 Å². The van der Waals surface area contributed by atoms with E-state index < -0.39 is 11.8 Å². The van der Waals surface area contributed by atoms with Crippen LogP contribution in [0.2, 0.25) is 0 Å². The normalized spacial score (nSPS) is 34.2. The molecular formula is C16H20FNO2. The second kappa shape index (κ2) is 4.27. The van der Waals surface area contributed by atoms with Crippen LogP contribution in [-0.2, 0) is 4.74 Å². The van der Waals surface area contributed by atoms with E-state index in [2.05, 4.69) is 25.8 Å². The zero-order valence-corrected chi connectivity index (χ0v) is 12.1. The van der Waals surface area contributed by atoms with Gasteiger partial charge in [-0.25, -0.2) is 14.2 Å². The molecule has 1 aromatic heterocycles. The molecule has 3 nitrogen and oxygen atoms in total. The lowest BCUT2D eigenvalue weighted by molar-refractivity contribution is -0.0247. The van der Waals surface area contributed by atoms with Gasteiger partial charge >= 0.3 is 5.97 Å². The molecule has 0 spiro atoms. The average molecular weight is 277 g/mol. The Morgan fingerprint density at radius 3 is 2.65 bits per heavy atom. The number of esters is 1. The quantitative estimate of drug-likeness (QED) is 0.775. The minimum atomic E-state index is -0.449. The van der Waals surface area contributed by atoms with Crippen LogP contribution in [0, 0.1) is 22.6 Å². The van der Waals surface area contributed by atoms with Gasteiger partial charge in [-0.2, -0.15) is 0 Å². The number of ether oxygens (including phenoxy) is 1. The number of carbonyl (C=O) groups excluding carboxylic acids is 1. The zero-order chi connectivity index (χ0) is 14.5. The second-order valence-electron chi connectivity index (χ2n) is 6.87. The van der Waals surface area contributed by atoms with Gasteiger partial charge in [0.15, 0.2) is 0 Å². The van der Waals surface area contributed by atoms with Crippen LogP contribution in [-0.4, -0.2) is 17.1 Å². The van der Waals surface area contributed by atoms with E-state index in [4.69, 9.17) is 4.74 Å². The molecule has 1 aromatic rings. The van der Waals surface area contributed by atoms with Crippen molar-refractivity contribution in [3.8, 4) is 0 Å². The first-order valence-corrected chi connectivity index (χ1v) is 7.17. The van der Waals surface area contributed by atoms with Gasteiger partial charge in [-0.1, -0.05) is 20.8 Å². The van der Waals surface area contributed by atoms with Gasteiger partial charge in [-0.15, -0.1) is 0 Å². The highest BCUT2D eigenvalue weighted by Gasteiger charge is 2.62. The molecule has 1 heterocycles. The summed E-state index contributed by atoms with van der Waals surface area (Å²) < 4.78 is 18.5. The van der Waals surface area contributed by atoms with Gasteiger partial charge in [-0.3, -0.25) is 0 Å². The first-order valence-electron chi connectivity index (χ1n) is 7.17. The average Bonchev–Trinajstić information content (AvgIpc) is 2.72. The molecule has 0 radical (unpaired) electrons. The van der Waals surface area contributed by atoms with Crippen molar-refractivity contribution in [2.75, 3.05) is 0 Å². The van der Waals surface area contributed by atoms with Gasteiger partial charge in [0.05, 0.1) is 6.20 Å². The van der Waals surface area contributed by atoms with Crippen molar-refractivity contribution in [2.24, 2.45) is 16.7 Å². The number of halogens is 1. The molecule has 3 unspecified atom stereocenters. The number of fused-ring (bicyclic) bond motifs is 2. The molecule has 0 amide bonds. The van der Waals surface area contributed by atoms with Crippen molar-refractivity contribution in [2.45, 2.75) is 46.1 Å². The minimum Gasteiger partial charge on any atom is -0.457 e. The number of nitrogens with zero attached hydrogens (tertiary/aromatic N) is 1. The summed E-state index contributed by atoms with van der Waals surface area (Å²) in [5.74, 6) is -0.277. The largest absolute Gasteiger partial charge is 0.457 e. The third-order valence-corrected chi connectivity index (χ3v) is 5.90. The molecule has 0 saturated heterocycles. The molecule has 20 heavy (non-hydrogen) atoms. The summed E-state index contributed by atoms with van der Waals surface area (Å²) in [7, 11) is 0. The number of aromatic nitrogens is 1. The monoisotopic (exact) mass is 277 g/mol. The highest BCUT2D eigenvalue weighted by Crippen LogP contribution is 2.66. The van der Waals surface area contributed by atoms with E-state index in [-0.39, 0.29) is 22.6 Å². The molecule has 3 atom stereocenters. The first kappa shape index (κ1) is 13.5. The Kier molecular flexibility index (Phi) is 2.89. The highest BCUT2D eigenvalue weighted by atomic mass is 19.1. The topological polar surface area (TPSA) is 39.2 Å². The van der Waals surface area contributed by atoms with Crippen molar-refractivity contribution in [3.63, 3.8) is 0 Å². The standard InChI is InChI=1S/C16H20FNO2/c1-15(2)10-6-7-16(15,3)13(8-10)20-14(19)12-5-4-11(17)9-18-12/h4-5,9-10,13H,6-8H2,1-3H3. The molecule has 0 aliphatic heterocycles. The number of rotatable bonds is 2. The van der Waals surface area contributed by atoms with Gasteiger partial charge in [-0.05, 0) is 42.7 Å². The second-order valence-corrected chi connectivity index (χ2v) is 6.87. The minimum absolute atomic E-state index is 0.0351. The van der Waals surface area contributed by atoms with Gasteiger partial charge < -0.3 is 4.74 Å². The van der Waals surface area contributed by atoms with Crippen molar-refractivity contribution in [1.82, 2.24) is 4.98 Å². The van der Waals surface area contributed by atoms with Crippen LogP contribution in [0.15, 0.2) is 18.3 Å². The number of pyridine rings is 1. The molecule has 2 saturated carbocycles. The van der Waals surface area contributed by atoms with Crippen molar-refractivity contribution >= 4 is 5.97 Å². The lowest BCUT2D eigenvalue weighted by Crippen LogP contribution is -2.38. The molecular weight excluding hydrogens is 257 g/mol. The van der Waals surface area contributed by atoms with Gasteiger partial charge in [0.1, 0.15) is 17.6 Å². The Morgan fingerprint density at radius 1 is 1.40 bits per heavy atom. The molecule has 2 bridgehead atoms. The summed E-state index contributed by atoms with van der Waals surface area (Å²) >= 11 is 0. The van der Waals surface area contributed by atoms with Gasteiger partial charge in [0.25, 0.3) is 0 Å². The SMILES string of the molecule is CC1(C)C2CCC1(C)C(OC(=O)c1ccc(F)cn1)C2. The molecule has 3 rings (SSSR count). The maximum atomic E-state index is 12.8. The van der Waals surface area contributed by atoms with Crippen LogP contribution in [0.1, 0.15) is 50.5 Å². The maximum Gasteiger partial charge on any atom is 0.357 e. The Balaban J connectivity index is 1.76. The smallest absolute Gasteiger partial charge is 0.357 e. The zero-order valence-electron chi connectivity index (χ0n) is 12.1. The van der Waals surface area contributed by atoms with E-state index in [9.17, 15) is 9.18 Å². The fraction of sp³-hybridized carbons (Fsp3) is 0.625. The Morgan fingerprint density at radius 2 is 2.15 bits per heavy atom. The van der Waals surface area contributed by atoms with Crippen LogP contribution >= 0.6 is 0 Å². The van der Waals surface area contributed by atoms with E-state index in [1.165, 1.54) is 18.6 Å². The highest BCUT2D eigenvalue weighted by molar-refractivity contribution is 5.87. The van der Waals surface area contributed by atoms with Gasteiger partial charge in [0, 0.05) is 5.41 Å². The molecule has 0 aromatic carbocycles. The van der Waals surface area contributed by atoms with Crippen molar-refractivity contribution in [1.29, 1.82) is 0 Å². The van der Waals surface area contributed by atoms with Crippen molar-refractivity contribution < 1.29 is 13.9 Å². The number of hydrogen-bond donors (Lipinski definition) is 0. The summed E-state index contributed by atoms with van der Waals surface area (Å²) in [5, 5.41) is 0. The maximum absolute atomic E-state index is 12.8. The Hall–Kier alpha value is -1.45. The first-order chi connectivity index (χ1) is 9.34. The predicted molar refractivity (Wildman–Crippen MR) is 72.6 cm³/mol. The lowest BCUT2D eigenvalue weighted by Gasteiger charge is -2.38. The Labute approximate surface area is 118 Å². The predicted octanol–water partition coefficient (Wildman–Crippen LogP) is 3.59. The van der Waals surface area contributed by atoms with E-state index >= 15 is 0 Å². The Bertz CT molecular complexity index is 540. The summed E-state index contributed by atoms with van der Waals surface area (Å²) in [6.07, 6.45) is 4.22. The van der Waals surface area contributed by atoms with Crippen molar-refractivity contribution in [3.05, 3.63) is 29.8 Å². The van der Waals surface area contributed by atoms with E-state index in [1.807, 2.05) is 0 Å². The summed E-state index contributed by atoms with van der Waals surface area (Å²) in [4.78, 5) is 15.9. The number of hydrogen-bond acceptors (Lipinski definition) is 3. The van der Waals surface area contributed by atoms with Crippen LogP contribution in [0.3, 0.4) is 0 Å². The van der Waals surface area contributed by atoms with Crippen LogP contribution in [0.4, 0.5) is 4.39 Å². The molecule has 2 aliphatic rings. The summed E-state index contributed by atoms with van der Waals surface area (Å²) in [6, 6.07) is 2.61.